The van der Waals surface area contributed by atoms with Crippen molar-refractivity contribution in [3.05, 3.63) is 59.9 Å². The van der Waals surface area contributed by atoms with Gasteiger partial charge in [0.2, 0.25) is 5.91 Å². The molecule has 1 amide bonds. The molecule has 2 rings (SSSR count). The first kappa shape index (κ1) is 18.8. The standard InChI is InChI=1S/C20H25FN2O2/c1-15(2)25-19-10-6-5-9-18(19)22-14-12-20(24)23-13-11-16-7-3-4-8-17(16)21/h3-10,15,22H,11-14H2,1-2H3,(H,23,24). The first-order valence-electron chi connectivity index (χ1n) is 8.56. The van der Waals surface area contributed by atoms with E-state index in [0.717, 1.165) is 11.4 Å². The maximum Gasteiger partial charge on any atom is 0.221 e. The van der Waals surface area contributed by atoms with E-state index in [0.29, 0.717) is 31.5 Å². The van der Waals surface area contributed by atoms with Crippen molar-refractivity contribution in [2.45, 2.75) is 32.8 Å². The summed E-state index contributed by atoms with van der Waals surface area (Å²) in [5.41, 5.74) is 1.48. The first-order valence-corrected chi connectivity index (χ1v) is 8.56. The van der Waals surface area contributed by atoms with Gasteiger partial charge < -0.3 is 15.4 Å². The molecule has 0 saturated heterocycles. The molecular weight excluding hydrogens is 319 g/mol. The van der Waals surface area contributed by atoms with Gasteiger partial charge in [-0.05, 0) is 44.0 Å². The van der Waals surface area contributed by atoms with E-state index < -0.39 is 0 Å². The summed E-state index contributed by atoms with van der Waals surface area (Å²) in [6, 6.07) is 14.3. The number of amides is 1. The molecule has 2 aromatic carbocycles. The van der Waals surface area contributed by atoms with E-state index in [4.69, 9.17) is 4.74 Å². The number of benzene rings is 2. The molecule has 0 fully saturated rings. The molecule has 4 nitrogen and oxygen atoms in total. The van der Waals surface area contributed by atoms with Gasteiger partial charge in [0.1, 0.15) is 11.6 Å². The van der Waals surface area contributed by atoms with Crippen LogP contribution < -0.4 is 15.4 Å². The molecule has 0 unspecified atom stereocenters. The number of anilines is 1. The number of carbonyl (C=O) groups is 1. The number of para-hydroxylation sites is 2. The zero-order chi connectivity index (χ0) is 18.1. The van der Waals surface area contributed by atoms with E-state index in [2.05, 4.69) is 10.6 Å². The number of ether oxygens (including phenoxy) is 1. The van der Waals surface area contributed by atoms with Crippen molar-refractivity contribution in [1.82, 2.24) is 5.32 Å². The van der Waals surface area contributed by atoms with Gasteiger partial charge in [0.15, 0.2) is 0 Å². The van der Waals surface area contributed by atoms with Crippen molar-refractivity contribution < 1.29 is 13.9 Å². The molecule has 0 radical (unpaired) electrons. The minimum Gasteiger partial charge on any atom is -0.489 e. The van der Waals surface area contributed by atoms with Crippen LogP contribution in [0, 0.1) is 5.82 Å². The van der Waals surface area contributed by atoms with Crippen molar-refractivity contribution in [2.75, 3.05) is 18.4 Å². The van der Waals surface area contributed by atoms with Gasteiger partial charge in [0.05, 0.1) is 11.8 Å². The second-order valence-electron chi connectivity index (χ2n) is 6.03. The third-order valence-electron chi connectivity index (χ3n) is 3.59. The van der Waals surface area contributed by atoms with Gasteiger partial charge in [-0.15, -0.1) is 0 Å². The van der Waals surface area contributed by atoms with Crippen molar-refractivity contribution >= 4 is 11.6 Å². The topological polar surface area (TPSA) is 50.4 Å². The van der Waals surface area contributed by atoms with E-state index in [-0.39, 0.29) is 17.8 Å². The summed E-state index contributed by atoms with van der Waals surface area (Å²) in [7, 11) is 0. The minimum atomic E-state index is -0.236. The summed E-state index contributed by atoms with van der Waals surface area (Å²) < 4.78 is 19.2. The van der Waals surface area contributed by atoms with Crippen LogP contribution in [-0.4, -0.2) is 25.1 Å². The van der Waals surface area contributed by atoms with Crippen LogP contribution >= 0.6 is 0 Å². The Morgan fingerprint density at radius 1 is 1.08 bits per heavy atom. The molecule has 0 spiro atoms. The highest BCUT2D eigenvalue weighted by molar-refractivity contribution is 5.76. The van der Waals surface area contributed by atoms with Crippen LogP contribution in [0.25, 0.3) is 0 Å². The summed E-state index contributed by atoms with van der Waals surface area (Å²) in [6.07, 6.45) is 0.911. The quantitative estimate of drug-likeness (QED) is 0.728. The molecule has 0 aliphatic carbocycles. The predicted octanol–water partition coefficient (Wildman–Crippen LogP) is 3.77. The van der Waals surface area contributed by atoms with Gasteiger partial charge >= 0.3 is 0 Å². The lowest BCUT2D eigenvalue weighted by atomic mass is 10.1. The molecule has 0 aliphatic rings. The van der Waals surface area contributed by atoms with Crippen LogP contribution in [0.1, 0.15) is 25.8 Å². The lowest BCUT2D eigenvalue weighted by Crippen LogP contribution is -2.27. The highest BCUT2D eigenvalue weighted by atomic mass is 19.1. The highest BCUT2D eigenvalue weighted by Gasteiger charge is 2.06. The van der Waals surface area contributed by atoms with Crippen molar-refractivity contribution in [3.63, 3.8) is 0 Å². The molecule has 2 N–H and O–H groups in total. The average Bonchev–Trinajstić information content (AvgIpc) is 2.58. The maximum absolute atomic E-state index is 13.5. The van der Waals surface area contributed by atoms with Crippen molar-refractivity contribution in [2.24, 2.45) is 0 Å². The number of nitrogens with one attached hydrogen (secondary N) is 2. The Bertz CT molecular complexity index is 689. The second kappa shape index (κ2) is 9.67. The smallest absolute Gasteiger partial charge is 0.221 e. The van der Waals surface area contributed by atoms with Crippen molar-refractivity contribution in [3.8, 4) is 5.75 Å². The Kier molecular flexibility index (Phi) is 7.26. The molecule has 2 aromatic rings. The van der Waals surface area contributed by atoms with Gasteiger partial charge in [-0.1, -0.05) is 30.3 Å². The van der Waals surface area contributed by atoms with Crippen LogP contribution in [0.5, 0.6) is 5.75 Å². The normalized spacial score (nSPS) is 10.6. The molecule has 0 heterocycles. The van der Waals surface area contributed by atoms with Gasteiger partial charge in [0.25, 0.3) is 0 Å². The van der Waals surface area contributed by atoms with Gasteiger partial charge in [-0.2, -0.15) is 0 Å². The molecule has 0 aliphatic heterocycles. The largest absolute Gasteiger partial charge is 0.489 e. The zero-order valence-electron chi connectivity index (χ0n) is 14.7. The second-order valence-corrected chi connectivity index (χ2v) is 6.03. The lowest BCUT2D eigenvalue weighted by Gasteiger charge is -2.15. The van der Waals surface area contributed by atoms with E-state index in [1.165, 1.54) is 6.07 Å². The third kappa shape index (κ3) is 6.45. The summed E-state index contributed by atoms with van der Waals surface area (Å²) >= 11 is 0. The van der Waals surface area contributed by atoms with Crippen molar-refractivity contribution in [1.29, 1.82) is 0 Å². The fourth-order valence-corrected chi connectivity index (χ4v) is 2.41. The number of carbonyl (C=O) groups excluding carboxylic acids is 1. The zero-order valence-corrected chi connectivity index (χ0v) is 14.7. The summed E-state index contributed by atoms with van der Waals surface area (Å²) in [5.74, 6) is 0.476. The molecule has 0 atom stereocenters. The Morgan fingerprint density at radius 3 is 2.56 bits per heavy atom. The molecule has 0 saturated carbocycles. The Labute approximate surface area is 148 Å². The van der Waals surface area contributed by atoms with E-state index in [9.17, 15) is 9.18 Å². The van der Waals surface area contributed by atoms with Crippen LogP contribution in [0.15, 0.2) is 48.5 Å². The number of rotatable bonds is 9. The fraction of sp³-hybridized carbons (Fsp3) is 0.350. The Morgan fingerprint density at radius 2 is 1.80 bits per heavy atom. The highest BCUT2D eigenvalue weighted by Crippen LogP contribution is 2.24. The molecular formula is C20H25FN2O2. The van der Waals surface area contributed by atoms with Crippen LogP contribution in [-0.2, 0) is 11.2 Å². The number of hydrogen-bond donors (Lipinski definition) is 2. The van der Waals surface area contributed by atoms with Gasteiger partial charge in [0, 0.05) is 19.5 Å². The molecule has 0 bridgehead atoms. The average molecular weight is 344 g/mol. The number of halogens is 1. The first-order chi connectivity index (χ1) is 12.1. The fourth-order valence-electron chi connectivity index (χ4n) is 2.41. The van der Waals surface area contributed by atoms with Crippen LogP contribution in [0.4, 0.5) is 10.1 Å². The van der Waals surface area contributed by atoms with Gasteiger partial charge in [-0.25, -0.2) is 4.39 Å². The summed E-state index contributed by atoms with van der Waals surface area (Å²) in [4.78, 5) is 11.9. The Hall–Kier alpha value is -2.56. The molecule has 0 aromatic heterocycles. The number of hydrogen-bond acceptors (Lipinski definition) is 3. The third-order valence-corrected chi connectivity index (χ3v) is 3.59. The molecule has 5 heteroatoms. The van der Waals surface area contributed by atoms with Gasteiger partial charge in [-0.3, -0.25) is 4.79 Å². The molecule has 25 heavy (non-hydrogen) atoms. The van der Waals surface area contributed by atoms with E-state index in [1.54, 1.807) is 18.2 Å². The summed E-state index contributed by atoms with van der Waals surface area (Å²) in [5, 5.41) is 6.04. The maximum atomic E-state index is 13.5. The summed E-state index contributed by atoms with van der Waals surface area (Å²) in [6.45, 7) is 4.87. The SMILES string of the molecule is CC(C)Oc1ccccc1NCCC(=O)NCCc1ccccc1F. The predicted molar refractivity (Wildman–Crippen MR) is 98.4 cm³/mol. The monoisotopic (exact) mass is 344 g/mol. The Balaban J connectivity index is 1.71. The van der Waals surface area contributed by atoms with E-state index >= 15 is 0 Å². The lowest BCUT2D eigenvalue weighted by molar-refractivity contribution is -0.120. The van der Waals surface area contributed by atoms with E-state index in [1.807, 2.05) is 38.1 Å². The molecule has 134 valence electrons. The van der Waals surface area contributed by atoms with Crippen LogP contribution in [0.3, 0.4) is 0 Å². The minimum absolute atomic E-state index is 0.0638. The van der Waals surface area contributed by atoms with Crippen LogP contribution in [0.2, 0.25) is 0 Å².